The molecule has 0 bridgehead atoms. The topological polar surface area (TPSA) is 50.8 Å². The summed E-state index contributed by atoms with van der Waals surface area (Å²) in [5.41, 5.74) is 1.07. The van der Waals surface area contributed by atoms with Crippen LogP contribution in [-0.4, -0.2) is 50.3 Å². The number of amides is 1. The summed E-state index contributed by atoms with van der Waals surface area (Å²) in [6, 6.07) is 5.58. The molecular weight excluding hydrogens is 292 g/mol. The van der Waals surface area contributed by atoms with Crippen LogP contribution in [0.5, 0.6) is 5.75 Å². The number of nitrogens with zero attached hydrogens (tertiary/aromatic N) is 1. The van der Waals surface area contributed by atoms with Crippen LogP contribution in [0.2, 0.25) is 5.02 Å². The second-order valence-electron chi connectivity index (χ2n) is 4.99. The van der Waals surface area contributed by atoms with Crippen LogP contribution in [0.4, 0.5) is 0 Å². The molecule has 1 amide bonds. The average Bonchev–Trinajstić information content (AvgIpc) is 2.50. The average molecular weight is 313 g/mol. The lowest BCUT2D eigenvalue weighted by molar-refractivity contribution is -0.142. The fourth-order valence-electron chi connectivity index (χ4n) is 2.24. The van der Waals surface area contributed by atoms with Crippen molar-refractivity contribution < 1.29 is 14.3 Å². The number of nitrogens with one attached hydrogen (secondary N) is 1. The van der Waals surface area contributed by atoms with Gasteiger partial charge in [0.25, 0.3) is 5.91 Å². The third-order valence-corrected chi connectivity index (χ3v) is 3.65. The molecule has 5 nitrogen and oxygen atoms in total. The third kappa shape index (κ3) is 4.33. The van der Waals surface area contributed by atoms with E-state index >= 15 is 0 Å². The summed E-state index contributed by atoms with van der Waals surface area (Å²) in [6.45, 7) is 4.87. The van der Waals surface area contributed by atoms with Crippen molar-refractivity contribution in [1.29, 1.82) is 0 Å². The largest absolute Gasteiger partial charge is 0.479 e. The van der Waals surface area contributed by atoms with E-state index < -0.39 is 6.10 Å². The Morgan fingerprint density at radius 1 is 1.48 bits per heavy atom. The van der Waals surface area contributed by atoms with Gasteiger partial charge in [-0.05, 0) is 31.7 Å². The Kier molecular flexibility index (Phi) is 5.85. The number of carbonyl (C=O) groups excluding carboxylic acids is 1. The molecule has 1 aromatic rings. The van der Waals surface area contributed by atoms with Gasteiger partial charge in [-0.25, -0.2) is 0 Å². The van der Waals surface area contributed by atoms with Gasteiger partial charge in [0.2, 0.25) is 0 Å². The molecule has 1 unspecified atom stereocenters. The summed E-state index contributed by atoms with van der Waals surface area (Å²) in [6.07, 6.45) is -0.559. The minimum Gasteiger partial charge on any atom is -0.479 e. The van der Waals surface area contributed by atoms with Gasteiger partial charge in [0.05, 0.1) is 18.2 Å². The molecule has 1 fully saturated rings. The van der Waals surface area contributed by atoms with Gasteiger partial charge < -0.3 is 19.7 Å². The van der Waals surface area contributed by atoms with Crippen molar-refractivity contribution in [3.63, 3.8) is 0 Å². The van der Waals surface area contributed by atoms with Crippen molar-refractivity contribution in [3.05, 3.63) is 28.8 Å². The number of carbonyl (C=O) groups is 1. The Morgan fingerprint density at radius 3 is 2.81 bits per heavy atom. The molecule has 0 spiro atoms. The number of ether oxygens (including phenoxy) is 2. The van der Waals surface area contributed by atoms with Crippen LogP contribution in [0.25, 0.3) is 0 Å². The summed E-state index contributed by atoms with van der Waals surface area (Å²) < 4.78 is 11.0. The standard InChI is InChI=1S/C15H21ClN2O3/c1-11(15(19)18-5-7-20-8-6-18)21-14-4-3-12(10-17-2)9-13(14)16/h3-4,9,11,17H,5-8,10H2,1-2H3. The van der Waals surface area contributed by atoms with Crippen molar-refractivity contribution in [3.8, 4) is 5.75 Å². The molecule has 1 heterocycles. The number of benzene rings is 1. The molecule has 0 aliphatic carbocycles. The molecule has 21 heavy (non-hydrogen) atoms. The molecule has 2 rings (SSSR count). The van der Waals surface area contributed by atoms with E-state index in [9.17, 15) is 4.79 Å². The number of halogens is 1. The Balaban J connectivity index is 1.98. The zero-order valence-electron chi connectivity index (χ0n) is 12.4. The van der Waals surface area contributed by atoms with E-state index in [-0.39, 0.29) is 5.91 Å². The molecule has 1 aromatic carbocycles. The minimum absolute atomic E-state index is 0.0336. The molecule has 1 atom stereocenters. The van der Waals surface area contributed by atoms with Crippen LogP contribution >= 0.6 is 11.6 Å². The summed E-state index contributed by atoms with van der Waals surface area (Å²) in [5.74, 6) is 0.499. The maximum absolute atomic E-state index is 12.3. The highest BCUT2D eigenvalue weighted by Crippen LogP contribution is 2.26. The normalized spacial score (nSPS) is 16.6. The van der Waals surface area contributed by atoms with Gasteiger partial charge in [0.1, 0.15) is 5.75 Å². The Labute approximate surface area is 130 Å². The molecular formula is C15H21ClN2O3. The smallest absolute Gasteiger partial charge is 0.263 e. The molecule has 0 radical (unpaired) electrons. The monoisotopic (exact) mass is 312 g/mol. The lowest BCUT2D eigenvalue weighted by Gasteiger charge is -2.29. The predicted octanol–water partition coefficient (Wildman–Crippen LogP) is 1.69. The van der Waals surface area contributed by atoms with Gasteiger partial charge in [-0.2, -0.15) is 0 Å². The Bertz CT molecular complexity index is 490. The summed E-state index contributed by atoms with van der Waals surface area (Å²) in [5, 5.41) is 3.58. The van der Waals surface area contributed by atoms with E-state index in [1.807, 2.05) is 19.2 Å². The quantitative estimate of drug-likeness (QED) is 0.899. The fourth-order valence-corrected chi connectivity index (χ4v) is 2.48. The van der Waals surface area contributed by atoms with Gasteiger partial charge in [0.15, 0.2) is 6.10 Å². The molecule has 1 saturated heterocycles. The lowest BCUT2D eigenvalue weighted by atomic mass is 10.2. The van der Waals surface area contributed by atoms with E-state index in [2.05, 4.69) is 5.32 Å². The minimum atomic E-state index is -0.559. The van der Waals surface area contributed by atoms with Crippen molar-refractivity contribution in [2.45, 2.75) is 19.6 Å². The second kappa shape index (κ2) is 7.64. The van der Waals surface area contributed by atoms with E-state index in [4.69, 9.17) is 21.1 Å². The second-order valence-corrected chi connectivity index (χ2v) is 5.40. The molecule has 0 aromatic heterocycles. The van der Waals surface area contributed by atoms with Crippen LogP contribution in [0.1, 0.15) is 12.5 Å². The SMILES string of the molecule is CNCc1ccc(OC(C)C(=O)N2CCOCC2)c(Cl)c1. The fraction of sp³-hybridized carbons (Fsp3) is 0.533. The highest BCUT2D eigenvalue weighted by atomic mass is 35.5. The van der Waals surface area contributed by atoms with E-state index in [0.717, 1.165) is 12.1 Å². The Hall–Kier alpha value is -1.30. The van der Waals surface area contributed by atoms with Crippen LogP contribution in [-0.2, 0) is 16.1 Å². The maximum atomic E-state index is 12.3. The van der Waals surface area contributed by atoms with Gasteiger partial charge in [-0.15, -0.1) is 0 Å². The third-order valence-electron chi connectivity index (χ3n) is 3.35. The first-order valence-corrected chi connectivity index (χ1v) is 7.46. The van der Waals surface area contributed by atoms with Crippen molar-refractivity contribution in [1.82, 2.24) is 10.2 Å². The number of hydrogen-bond donors (Lipinski definition) is 1. The molecule has 6 heteroatoms. The summed E-state index contributed by atoms with van der Waals surface area (Å²) >= 11 is 6.20. The first-order chi connectivity index (χ1) is 10.1. The predicted molar refractivity (Wildman–Crippen MR) is 81.7 cm³/mol. The maximum Gasteiger partial charge on any atom is 0.263 e. The molecule has 1 aliphatic rings. The van der Waals surface area contributed by atoms with E-state index in [0.29, 0.717) is 37.1 Å². The van der Waals surface area contributed by atoms with Crippen LogP contribution in [0.15, 0.2) is 18.2 Å². The van der Waals surface area contributed by atoms with E-state index in [1.165, 1.54) is 0 Å². The first kappa shape index (κ1) is 16.1. The Morgan fingerprint density at radius 2 is 2.19 bits per heavy atom. The van der Waals surface area contributed by atoms with Crippen molar-refractivity contribution >= 4 is 17.5 Å². The highest BCUT2D eigenvalue weighted by Gasteiger charge is 2.24. The van der Waals surface area contributed by atoms with Crippen LogP contribution in [0, 0.1) is 0 Å². The van der Waals surface area contributed by atoms with Crippen molar-refractivity contribution in [2.75, 3.05) is 33.4 Å². The molecule has 1 N–H and O–H groups in total. The van der Waals surface area contributed by atoms with E-state index in [1.54, 1.807) is 17.9 Å². The highest BCUT2D eigenvalue weighted by molar-refractivity contribution is 6.32. The summed E-state index contributed by atoms with van der Waals surface area (Å²) in [7, 11) is 1.88. The molecule has 1 aliphatic heterocycles. The molecule has 116 valence electrons. The number of rotatable bonds is 5. The van der Waals surface area contributed by atoms with Crippen LogP contribution < -0.4 is 10.1 Å². The number of morpholine rings is 1. The van der Waals surface area contributed by atoms with Gasteiger partial charge in [-0.1, -0.05) is 17.7 Å². The number of hydrogen-bond acceptors (Lipinski definition) is 4. The summed E-state index contributed by atoms with van der Waals surface area (Å²) in [4.78, 5) is 14.0. The zero-order chi connectivity index (χ0) is 15.2. The zero-order valence-corrected chi connectivity index (χ0v) is 13.2. The van der Waals surface area contributed by atoms with Gasteiger partial charge >= 0.3 is 0 Å². The van der Waals surface area contributed by atoms with Gasteiger partial charge in [-0.3, -0.25) is 4.79 Å². The molecule has 0 saturated carbocycles. The van der Waals surface area contributed by atoms with Crippen LogP contribution in [0.3, 0.4) is 0 Å². The lowest BCUT2D eigenvalue weighted by Crippen LogP contribution is -2.46. The first-order valence-electron chi connectivity index (χ1n) is 7.08. The van der Waals surface area contributed by atoms with Gasteiger partial charge in [0, 0.05) is 19.6 Å². The van der Waals surface area contributed by atoms with Crippen molar-refractivity contribution in [2.24, 2.45) is 0 Å².